The van der Waals surface area contributed by atoms with Crippen LogP contribution < -0.4 is 5.56 Å². The molecule has 0 amide bonds. The lowest BCUT2D eigenvalue weighted by Gasteiger charge is -2.06. The lowest BCUT2D eigenvalue weighted by molar-refractivity contribution is 0.629. The molecule has 0 bridgehead atoms. The molecule has 0 saturated carbocycles. The van der Waals surface area contributed by atoms with Crippen LogP contribution in [0.4, 0.5) is 4.39 Å². The van der Waals surface area contributed by atoms with Gasteiger partial charge in [-0.2, -0.15) is 0 Å². The Labute approximate surface area is 147 Å². The molecule has 6 heteroatoms. The van der Waals surface area contributed by atoms with Crippen molar-refractivity contribution in [3.63, 3.8) is 0 Å². The first-order valence-electron chi connectivity index (χ1n) is 8.18. The zero-order chi connectivity index (χ0) is 17.8. The van der Waals surface area contributed by atoms with Crippen LogP contribution in [-0.4, -0.2) is 18.9 Å². The summed E-state index contributed by atoms with van der Waals surface area (Å²) in [6, 6.07) is 15.4. The number of aryl methyl sites for hydroxylation is 1. The third-order valence-electron chi connectivity index (χ3n) is 4.51. The van der Waals surface area contributed by atoms with Crippen molar-refractivity contribution in [3.05, 3.63) is 82.5 Å². The van der Waals surface area contributed by atoms with Gasteiger partial charge < -0.3 is 0 Å². The van der Waals surface area contributed by atoms with Crippen molar-refractivity contribution < 1.29 is 4.39 Å². The summed E-state index contributed by atoms with van der Waals surface area (Å²) in [7, 11) is 0. The lowest BCUT2D eigenvalue weighted by atomic mass is 10.2. The van der Waals surface area contributed by atoms with Gasteiger partial charge in [-0.1, -0.05) is 12.1 Å². The van der Waals surface area contributed by atoms with Crippen molar-refractivity contribution in [2.75, 3.05) is 0 Å². The van der Waals surface area contributed by atoms with Crippen molar-refractivity contribution in [3.8, 4) is 5.82 Å². The van der Waals surface area contributed by atoms with Gasteiger partial charge in [0.2, 0.25) is 5.78 Å². The van der Waals surface area contributed by atoms with E-state index >= 15 is 0 Å². The molecule has 0 unspecified atom stereocenters. The Hall–Kier alpha value is -3.54. The normalized spacial score (nSPS) is 11.6. The molecular formula is C20H13FN4O. The van der Waals surface area contributed by atoms with E-state index in [1.165, 1.54) is 18.2 Å². The first-order valence-corrected chi connectivity index (χ1v) is 8.18. The van der Waals surface area contributed by atoms with E-state index in [4.69, 9.17) is 0 Å². The fourth-order valence-electron chi connectivity index (χ4n) is 3.33. The highest BCUT2D eigenvalue weighted by Crippen LogP contribution is 2.24. The summed E-state index contributed by atoms with van der Waals surface area (Å²) in [4.78, 5) is 22.1. The molecule has 5 nitrogen and oxygen atoms in total. The van der Waals surface area contributed by atoms with E-state index in [1.807, 2.05) is 47.9 Å². The molecule has 0 saturated heterocycles. The van der Waals surface area contributed by atoms with E-state index in [2.05, 4.69) is 9.97 Å². The predicted octanol–water partition coefficient (Wildman–Crippen LogP) is 3.63. The van der Waals surface area contributed by atoms with Crippen molar-refractivity contribution in [2.45, 2.75) is 6.92 Å². The zero-order valence-corrected chi connectivity index (χ0v) is 13.8. The van der Waals surface area contributed by atoms with E-state index < -0.39 is 5.82 Å². The number of rotatable bonds is 1. The minimum absolute atomic E-state index is 0.229. The van der Waals surface area contributed by atoms with Gasteiger partial charge in [0.15, 0.2) is 0 Å². The number of nitrogens with zero attached hydrogens (tertiary/aromatic N) is 4. The minimum Gasteiger partial charge on any atom is -0.268 e. The average Bonchev–Trinajstić information content (AvgIpc) is 2.95. The van der Waals surface area contributed by atoms with Crippen LogP contribution in [-0.2, 0) is 0 Å². The van der Waals surface area contributed by atoms with Crippen LogP contribution in [0.3, 0.4) is 0 Å². The molecule has 0 aliphatic carbocycles. The molecule has 0 aliphatic rings. The largest absolute Gasteiger partial charge is 0.268 e. The quantitative estimate of drug-likeness (QED) is 0.467. The maximum absolute atomic E-state index is 13.7. The van der Waals surface area contributed by atoms with Crippen molar-refractivity contribution >= 4 is 27.7 Å². The molecule has 0 radical (unpaired) electrons. The highest BCUT2D eigenvalue weighted by Gasteiger charge is 2.17. The second-order valence-corrected chi connectivity index (χ2v) is 6.23. The van der Waals surface area contributed by atoms with Gasteiger partial charge in [0.25, 0.3) is 5.56 Å². The highest BCUT2D eigenvalue weighted by molar-refractivity contribution is 5.87. The summed E-state index contributed by atoms with van der Waals surface area (Å²) < 4.78 is 17.1. The smallest absolute Gasteiger partial charge is 0.267 e. The summed E-state index contributed by atoms with van der Waals surface area (Å²) in [6.07, 6.45) is 1.72. The van der Waals surface area contributed by atoms with Gasteiger partial charge in [0.05, 0.1) is 21.9 Å². The van der Waals surface area contributed by atoms with Crippen LogP contribution >= 0.6 is 0 Å². The minimum atomic E-state index is -0.426. The molecule has 3 aromatic heterocycles. The Morgan fingerprint density at radius 3 is 2.62 bits per heavy atom. The number of hydrogen-bond acceptors (Lipinski definition) is 3. The van der Waals surface area contributed by atoms with Gasteiger partial charge >= 0.3 is 0 Å². The second kappa shape index (κ2) is 5.23. The monoisotopic (exact) mass is 344 g/mol. The van der Waals surface area contributed by atoms with Crippen LogP contribution in [0.15, 0.2) is 65.6 Å². The third kappa shape index (κ3) is 1.99. The predicted molar refractivity (Wildman–Crippen MR) is 98.3 cm³/mol. The van der Waals surface area contributed by atoms with E-state index in [9.17, 15) is 9.18 Å². The lowest BCUT2D eigenvalue weighted by Crippen LogP contribution is -2.15. The number of benzene rings is 2. The molecule has 0 atom stereocenters. The van der Waals surface area contributed by atoms with Crippen LogP contribution in [0.2, 0.25) is 0 Å². The standard InChI is InChI=1S/C20H13FN4O/c1-12-8-9-22-18(10-12)24-16-4-2-3-5-17(16)25-19(26)14-7-6-13(21)11-15(14)23-20(24)25/h2-11H,1H3. The van der Waals surface area contributed by atoms with Crippen molar-refractivity contribution in [1.82, 2.24) is 18.9 Å². The summed E-state index contributed by atoms with van der Waals surface area (Å²) in [5, 5.41) is 0.379. The molecule has 0 spiro atoms. The molecule has 2 aromatic carbocycles. The molecule has 5 aromatic rings. The Kier molecular flexibility index (Phi) is 2.97. The van der Waals surface area contributed by atoms with Gasteiger partial charge in [-0.3, -0.25) is 9.36 Å². The fourth-order valence-corrected chi connectivity index (χ4v) is 3.33. The van der Waals surface area contributed by atoms with Crippen LogP contribution in [0.25, 0.3) is 33.5 Å². The molecule has 3 heterocycles. The number of aromatic nitrogens is 4. The highest BCUT2D eigenvalue weighted by atomic mass is 19.1. The number of pyridine rings is 1. The Balaban J connectivity index is 2.06. The summed E-state index contributed by atoms with van der Waals surface area (Å²) in [6.45, 7) is 1.98. The van der Waals surface area contributed by atoms with Gasteiger partial charge in [-0.15, -0.1) is 0 Å². The van der Waals surface area contributed by atoms with E-state index in [-0.39, 0.29) is 5.56 Å². The zero-order valence-electron chi connectivity index (χ0n) is 13.8. The molecule has 26 heavy (non-hydrogen) atoms. The summed E-state index contributed by atoms with van der Waals surface area (Å²) >= 11 is 0. The van der Waals surface area contributed by atoms with Crippen LogP contribution in [0.5, 0.6) is 0 Å². The summed E-state index contributed by atoms with van der Waals surface area (Å²) in [5.41, 5.74) is 2.68. The molecule has 0 N–H and O–H groups in total. The van der Waals surface area contributed by atoms with Gasteiger partial charge in [-0.05, 0) is 48.9 Å². The van der Waals surface area contributed by atoms with E-state index in [0.29, 0.717) is 22.5 Å². The maximum atomic E-state index is 13.7. The van der Waals surface area contributed by atoms with E-state index in [1.54, 1.807) is 10.6 Å². The number of hydrogen-bond donors (Lipinski definition) is 0. The third-order valence-corrected chi connectivity index (χ3v) is 4.51. The molecule has 126 valence electrons. The number of para-hydroxylation sites is 2. The Morgan fingerprint density at radius 1 is 1.00 bits per heavy atom. The molecule has 5 rings (SSSR count). The number of halogens is 1. The van der Waals surface area contributed by atoms with Gasteiger partial charge in [0.1, 0.15) is 11.6 Å². The number of fused-ring (bicyclic) bond motifs is 4. The van der Waals surface area contributed by atoms with Crippen LogP contribution in [0, 0.1) is 12.7 Å². The fraction of sp³-hybridized carbons (Fsp3) is 0.0500. The Bertz CT molecular complexity index is 1380. The SMILES string of the molecule is Cc1ccnc(-n2c3ccccc3n3c(=O)c4ccc(F)cc4nc23)c1. The van der Waals surface area contributed by atoms with Gasteiger partial charge in [-0.25, -0.2) is 18.8 Å². The topological polar surface area (TPSA) is 52.2 Å². The molecule has 0 aliphatic heterocycles. The first kappa shape index (κ1) is 14.8. The maximum Gasteiger partial charge on any atom is 0.267 e. The summed E-state index contributed by atoms with van der Waals surface area (Å²) in [5.74, 6) is 0.642. The van der Waals surface area contributed by atoms with E-state index in [0.717, 1.165) is 16.6 Å². The molecule has 0 fully saturated rings. The average molecular weight is 344 g/mol. The van der Waals surface area contributed by atoms with Crippen LogP contribution in [0.1, 0.15) is 5.56 Å². The first-order chi connectivity index (χ1) is 12.6. The van der Waals surface area contributed by atoms with Gasteiger partial charge in [0, 0.05) is 12.3 Å². The molecular weight excluding hydrogens is 331 g/mol. The number of imidazole rings is 1. The second-order valence-electron chi connectivity index (χ2n) is 6.23. The van der Waals surface area contributed by atoms with Crippen molar-refractivity contribution in [2.24, 2.45) is 0 Å². The Morgan fingerprint density at radius 2 is 1.81 bits per heavy atom. The van der Waals surface area contributed by atoms with Crippen molar-refractivity contribution in [1.29, 1.82) is 0 Å².